The van der Waals surface area contributed by atoms with E-state index in [0.29, 0.717) is 18.9 Å². The highest BCUT2D eigenvalue weighted by Crippen LogP contribution is 2.26. The summed E-state index contributed by atoms with van der Waals surface area (Å²) in [6, 6.07) is 2.15. The Hall–Kier alpha value is -3.23. The Morgan fingerprint density at radius 3 is 2.83 bits per heavy atom. The topological polar surface area (TPSA) is 93.8 Å². The number of hydrogen-bond acceptors (Lipinski definition) is 6. The van der Waals surface area contributed by atoms with Crippen LogP contribution in [0.3, 0.4) is 0 Å². The van der Waals surface area contributed by atoms with Gasteiger partial charge in [-0.05, 0) is 32.6 Å². The standard InChI is InChI=1S/C21H28N8O/c1-17-13-19(26-21(25-17)28-12-8-23-16-28)29-10-3-2-5-18(29)14-20(30)24-6-4-9-27-11-7-22-15-27/h7-8,11-13,15-16,18H,2-6,9-10,14H2,1H3,(H,24,30). The van der Waals surface area contributed by atoms with Crippen LogP contribution >= 0.6 is 0 Å². The fourth-order valence-electron chi connectivity index (χ4n) is 3.89. The molecule has 0 bridgehead atoms. The molecule has 9 heteroatoms. The second-order valence-corrected chi connectivity index (χ2v) is 7.69. The van der Waals surface area contributed by atoms with E-state index in [1.54, 1.807) is 25.0 Å². The van der Waals surface area contributed by atoms with Crippen molar-refractivity contribution in [3.8, 4) is 5.95 Å². The first-order valence-corrected chi connectivity index (χ1v) is 10.5. The van der Waals surface area contributed by atoms with Crippen molar-refractivity contribution in [2.24, 2.45) is 0 Å². The molecule has 30 heavy (non-hydrogen) atoms. The Balaban J connectivity index is 1.37. The minimum absolute atomic E-state index is 0.0955. The maximum atomic E-state index is 12.6. The number of carbonyl (C=O) groups is 1. The van der Waals surface area contributed by atoms with E-state index in [2.05, 4.69) is 25.2 Å². The predicted octanol–water partition coefficient (Wildman–Crippen LogP) is 2.12. The zero-order valence-corrected chi connectivity index (χ0v) is 17.3. The Kier molecular flexibility index (Phi) is 6.36. The van der Waals surface area contributed by atoms with Crippen LogP contribution in [0, 0.1) is 6.92 Å². The molecule has 1 fully saturated rings. The molecule has 1 atom stereocenters. The maximum Gasteiger partial charge on any atom is 0.237 e. The largest absolute Gasteiger partial charge is 0.356 e. The van der Waals surface area contributed by atoms with Gasteiger partial charge in [-0.25, -0.2) is 15.0 Å². The normalized spacial score (nSPS) is 16.6. The number of hydrogen-bond donors (Lipinski definition) is 1. The molecular weight excluding hydrogens is 380 g/mol. The van der Waals surface area contributed by atoms with Crippen LogP contribution in [0.2, 0.25) is 0 Å². The first-order valence-electron chi connectivity index (χ1n) is 10.5. The van der Waals surface area contributed by atoms with Crippen LogP contribution in [0.1, 0.15) is 37.8 Å². The lowest BCUT2D eigenvalue weighted by atomic mass is 9.99. The van der Waals surface area contributed by atoms with Gasteiger partial charge in [-0.15, -0.1) is 0 Å². The number of anilines is 1. The van der Waals surface area contributed by atoms with Crippen LogP contribution in [0.25, 0.3) is 5.95 Å². The summed E-state index contributed by atoms with van der Waals surface area (Å²) in [6.07, 6.45) is 15.3. The lowest BCUT2D eigenvalue weighted by Gasteiger charge is -2.36. The second-order valence-electron chi connectivity index (χ2n) is 7.69. The van der Waals surface area contributed by atoms with Crippen LogP contribution in [0.5, 0.6) is 0 Å². The summed E-state index contributed by atoms with van der Waals surface area (Å²) < 4.78 is 3.83. The zero-order valence-electron chi connectivity index (χ0n) is 17.3. The highest BCUT2D eigenvalue weighted by atomic mass is 16.1. The number of piperidine rings is 1. The molecule has 0 spiro atoms. The second kappa shape index (κ2) is 9.51. The quantitative estimate of drug-likeness (QED) is 0.574. The number of rotatable bonds is 8. The molecule has 1 aliphatic rings. The van der Waals surface area contributed by atoms with Gasteiger partial charge >= 0.3 is 0 Å². The van der Waals surface area contributed by atoms with Crippen LogP contribution in [-0.4, -0.2) is 54.1 Å². The van der Waals surface area contributed by atoms with Crippen LogP contribution < -0.4 is 10.2 Å². The number of imidazole rings is 2. The molecule has 3 aromatic heterocycles. The van der Waals surface area contributed by atoms with E-state index in [1.165, 1.54) is 0 Å². The number of aryl methyl sites for hydroxylation is 2. The van der Waals surface area contributed by atoms with E-state index < -0.39 is 0 Å². The van der Waals surface area contributed by atoms with Gasteiger partial charge in [-0.3, -0.25) is 9.36 Å². The summed E-state index contributed by atoms with van der Waals surface area (Å²) in [5.41, 5.74) is 0.900. The van der Waals surface area contributed by atoms with Crippen molar-refractivity contribution in [1.82, 2.24) is 34.4 Å². The highest BCUT2D eigenvalue weighted by Gasteiger charge is 2.26. The van der Waals surface area contributed by atoms with Crippen LogP contribution in [-0.2, 0) is 11.3 Å². The Morgan fingerprint density at radius 1 is 1.17 bits per heavy atom. The molecule has 4 rings (SSSR count). The molecule has 0 saturated carbocycles. The van der Waals surface area contributed by atoms with Crippen molar-refractivity contribution in [2.45, 2.75) is 51.6 Å². The van der Waals surface area contributed by atoms with Gasteiger partial charge in [0, 0.05) is 68.6 Å². The van der Waals surface area contributed by atoms with E-state index >= 15 is 0 Å². The molecule has 0 aromatic carbocycles. The smallest absolute Gasteiger partial charge is 0.237 e. The van der Waals surface area contributed by atoms with Gasteiger partial charge in [-0.1, -0.05) is 0 Å². The summed E-state index contributed by atoms with van der Waals surface area (Å²) in [6.45, 7) is 4.39. The molecule has 0 aliphatic carbocycles. The molecule has 3 aromatic rings. The first kappa shape index (κ1) is 20.1. The van der Waals surface area contributed by atoms with Crippen molar-refractivity contribution in [2.75, 3.05) is 18.0 Å². The molecule has 9 nitrogen and oxygen atoms in total. The fourth-order valence-corrected chi connectivity index (χ4v) is 3.89. The van der Waals surface area contributed by atoms with Crippen molar-refractivity contribution in [1.29, 1.82) is 0 Å². The minimum atomic E-state index is 0.0955. The third kappa shape index (κ3) is 5.03. The van der Waals surface area contributed by atoms with Crippen LogP contribution in [0.15, 0.2) is 43.5 Å². The third-order valence-electron chi connectivity index (χ3n) is 5.38. The van der Waals surface area contributed by atoms with Gasteiger partial charge in [0.1, 0.15) is 12.1 Å². The van der Waals surface area contributed by atoms with E-state index in [4.69, 9.17) is 4.98 Å². The van der Waals surface area contributed by atoms with Crippen molar-refractivity contribution in [3.05, 3.63) is 49.2 Å². The summed E-state index contributed by atoms with van der Waals surface area (Å²) >= 11 is 0. The number of carbonyl (C=O) groups excluding carboxylic acids is 1. The van der Waals surface area contributed by atoms with E-state index in [9.17, 15) is 4.79 Å². The molecule has 158 valence electrons. The monoisotopic (exact) mass is 408 g/mol. The lowest BCUT2D eigenvalue weighted by molar-refractivity contribution is -0.121. The first-order chi connectivity index (χ1) is 14.7. The maximum absolute atomic E-state index is 12.6. The molecule has 1 amide bonds. The van der Waals surface area contributed by atoms with E-state index in [-0.39, 0.29) is 11.9 Å². The Labute approximate surface area is 176 Å². The Morgan fingerprint density at radius 2 is 2.03 bits per heavy atom. The fraction of sp³-hybridized carbons (Fsp3) is 0.476. The van der Waals surface area contributed by atoms with Gasteiger partial charge in [0.25, 0.3) is 0 Å². The van der Waals surface area contributed by atoms with Crippen molar-refractivity contribution in [3.63, 3.8) is 0 Å². The molecule has 0 radical (unpaired) electrons. The minimum Gasteiger partial charge on any atom is -0.356 e. The van der Waals surface area contributed by atoms with Crippen molar-refractivity contribution < 1.29 is 4.79 Å². The molecule has 1 saturated heterocycles. The van der Waals surface area contributed by atoms with Gasteiger partial charge in [0.05, 0.1) is 6.33 Å². The number of aromatic nitrogens is 6. The predicted molar refractivity (Wildman–Crippen MR) is 113 cm³/mol. The van der Waals surface area contributed by atoms with Crippen LogP contribution in [0.4, 0.5) is 5.82 Å². The summed E-state index contributed by atoms with van der Waals surface area (Å²) in [7, 11) is 0. The Bertz CT molecular complexity index is 938. The molecular formula is C21H28N8O. The lowest BCUT2D eigenvalue weighted by Crippen LogP contribution is -2.43. The van der Waals surface area contributed by atoms with Gasteiger partial charge in [0.15, 0.2) is 0 Å². The van der Waals surface area contributed by atoms with Gasteiger partial charge in [-0.2, -0.15) is 4.98 Å². The average Bonchev–Trinajstić information content (AvgIpc) is 3.45. The molecule has 1 unspecified atom stereocenters. The van der Waals surface area contributed by atoms with E-state index in [1.807, 2.05) is 34.5 Å². The SMILES string of the molecule is Cc1cc(N2CCCCC2CC(=O)NCCCn2ccnc2)nc(-n2ccnc2)n1. The number of nitrogens with zero attached hydrogens (tertiary/aromatic N) is 7. The summed E-state index contributed by atoms with van der Waals surface area (Å²) in [5.74, 6) is 1.58. The van der Waals surface area contributed by atoms with Crippen molar-refractivity contribution >= 4 is 11.7 Å². The zero-order chi connectivity index (χ0) is 20.8. The molecule has 4 heterocycles. The summed E-state index contributed by atoms with van der Waals surface area (Å²) in [5, 5.41) is 3.07. The van der Waals surface area contributed by atoms with Gasteiger partial charge < -0.3 is 14.8 Å². The third-order valence-corrected chi connectivity index (χ3v) is 5.38. The molecule has 1 aliphatic heterocycles. The number of nitrogens with one attached hydrogen (secondary N) is 1. The molecule has 1 N–H and O–H groups in total. The van der Waals surface area contributed by atoms with Gasteiger partial charge in [0.2, 0.25) is 11.9 Å². The number of amides is 1. The van der Waals surface area contributed by atoms with E-state index in [0.717, 1.165) is 50.3 Å². The average molecular weight is 409 g/mol. The highest BCUT2D eigenvalue weighted by molar-refractivity contribution is 5.77. The summed E-state index contributed by atoms with van der Waals surface area (Å²) in [4.78, 5) is 32.2.